The fourth-order valence-electron chi connectivity index (χ4n) is 3.05. The predicted octanol–water partition coefficient (Wildman–Crippen LogP) is 3.22. The highest BCUT2D eigenvalue weighted by molar-refractivity contribution is 7.12. The summed E-state index contributed by atoms with van der Waals surface area (Å²) in [7, 11) is 1.90. The van der Waals surface area contributed by atoms with Crippen LogP contribution in [-0.4, -0.2) is 56.1 Å². The third kappa shape index (κ3) is 7.97. The highest BCUT2D eigenvalue weighted by Gasteiger charge is 2.38. The van der Waals surface area contributed by atoms with Crippen molar-refractivity contribution in [1.82, 2.24) is 15.1 Å². The zero-order valence-electron chi connectivity index (χ0n) is 18.5. The van der Waals surface area contributed by atoms with Crippen LogP contribution in [0, 0.1) is 0 Å². The molecule has 1 saturated carbocycles. The number of carbonyl (C=O) groups excluding carboxylic acids is 1. The molecule has 3 N–H and O–H groups in total. The quantitative estimate of drug-likeness (QED) is 0.575. The standard InChI is InChI=1S/C19H24N4O3S.C2HF3O2/c1-12(18(25)26)20-16(24)13-8-10-14(11-9-13)17-22-23(2)19(27-17)21-15-6-4-3-5-7-15;3-2(4,5)1(6)7/h8-12,15H,3-7H2,1-2H3,(H,20,24)(H,25,26);(H,6,7)/t12-;/m0./s1. The van der Waals surface area contributed by atoms with Gasteiger partial charge in [-0.15, -0.1) is 0 Å². The van der Waals surface area contributed by atoms with Crippen LogP contribution < -0.4 is 10.1 Å². The smallest absolute Gasteiger partial charge is 0.480 e. The van der Waals surface area contributed by atoms with E-state index in [0.717, 1.165) is 28.2 Å². The number of hydrogen-bond acceptors (Lipinski definition) is 6. The summed E-state index contributed by atoms with van der Waals surface area (Å²) in [4.78, 5) is 37.6. The summed E-state index contributed by atoms with van der Waals surface area (Å²) < 4.78 is 33.5. The van der Waals surface area contributed by atoms with Crippen molar-refractivity contribution in [2.24, 2.45) is 12.0 Å². The van der Waals surface area contributed by atoms with Gasteiger partial charge in [-0.3, -0.25) is 14.6 Å². The Kier molecular flexibility index (Phi) is 9.36. The van der Waals surface area contributed by atoms with Gasteiger partial charge in [0.15, 0.2) is 0 Å². The van der Waals surface area contributed by atoms with Crippen LogP contribution in [0.3, 0.4) is 0 Å². The molecule has 2 aromatic rings. The van der Waals surface area contributed by atoms with E-state index < -0.39 is 30.1 Å². The number of amides is 1. The lowest BCUT2D eigenvalue weighted by Crippen LogP contribution is -2.38. The molecule has 1 aromatic heterocycles. The monoisotopic (exact) mass is 502 g/mol. The third-order valence-corrected chi connectivity index (χ3v) is 5.99. The second-order valence-corrected chi connectivity index (χ2v) is 8.60. The van der Waals surface area contributed by atoms with E-state index in [4.69, 9.17) is 20.0 Å². The molecule has 13 heteroatoms. The molecule has 9 nitrogen and oxygen atoms in total. The van der Waals surface area contributed by atoms with Crippen LogP contribution in [0.4, 0.5) is 13.2 Å². The number of hydrogen-bond donors (Lipinski definition) is 3. The van der Waals surface area contributed by atoms with Crippen LogP contribution in [0.5, 0.6) is 0 Å². The maximum absolute atomic E-state index is 12.1. The molecule has 1 amide bonds. The number of nitrogens with zero attached hydrogens (tertiary/aromatic N) is 3. The number of carboxylic acids is 2. The normalized spacial score (nSPS) is 15.7. The summed E-state index contributed by atoms with van der Waals surface area (Å²) in [5, 5.41) is 23.9. The first-order valence-corrected chi connectivity index (χ1v) is 11.2. The number of alkyl halides is 3. The molecule has 0 unspecified atom stereocenters. The average Bonchev–Trinajstić information content (AvgIpc) is 3.14. The van der Waals surface area contributed by atoms with Gasteiger partial charge in [-0.05, 0) is 31.9 Å². The van der Waals surface area contributed by atoms with Crippen LogP contribution in [-0.2, 0) is 16.6 Å². The minimum atomic E-state index is -5.08. The topological polar surface area (TPSA) is 134 Å². The molecule has 34 heavy (non-hydrogen) atoms. The lowest BCUT2D eigenvalue weighted by atomic mass is 9.96. The first-order chi connectivity index (χ1) is 15.9. The maximum Gasteiger partial charge on any atom is 0.490 e. The van der Waals surface area contributed by atoms with Gasteiger partial charge in [-0.1, -0.05) is 42.7 Å². The van der Waals surface area contributed by atoms with Crippen LogP contribution in [0.2, 0.25) is 0 Å². The molecule has 0 radical (unpaired) electrons. The van der Waals surface area contributed by atoms with Crippen LogP contribution in [0.25, 0.3) is 10.6 Å². The number of aliphatic carboxylic acids is 2. The van der Waals surface area contributed by atoms with Crippen LogP contribution in [0.15, 0.2) is 29.3 Å². The number of halogens is 3. The first-order valence-electron chi connectivity index (χ1n) is 10.4. The molecule has 1 heterocycles. The Morgan fingerprint density at radius 2 is 1.71 bits per heavy atom. The molecule has 3 rings (SSSR count). The molecule has 1 aliphatic rings. The summed E-state index contributed by atoms with van der Waals surface area (Å²) >= 11 is 1.54. The van der Waals surface area contributed by atoms with E-state index in [1.165, 1.54) is 26.2 Å². The van der Waals surface area contributed by atoms with Gasteiger partial charge in [0.05, 0.1) is 6.04 Å². The van der Waals surface area contributed by atoms with Gasteiger partial charge in [0.25, 0.3) is 5.91 Å². The molecule has 0 bridgehead atoms. The van der Waals surface area contributed by atoms with E-state index in [2.05, 4.69) is 10.4 Å². The Morgan fingerprint density at radius 3 is 2.21 bits per heavy atom. The fourth-order valence-corrected chi connectivity index (χ4v) is 4.02. The molecule has 0 saturated heterocycles. The first kappa shape index (κ1) is 27.0. The molecule has 1 aliphatic carbocycles. The number of benzene rings is 1. The highest BCUT2D eigenvalue weighted by atomic mass is 32.1. The Bertz CT molecular complexity index is 1070. The zero-order valence-corrected chi connectivity index (χ0v) is 19.3. The van der Waals surface area contributed by atoms with E-state index in [1.807, 2.05) is 23.9 Å². The summed E-state index contributed by atoms with van der Waals surface area (Å²) in [6, 6.07) is 6.46. The number of aromatic nitrogens is 2. The van der Waals surface area contributed by atoms with E-state index >= 15 is 0 Å². The van der Waals surface area contributed by atoms with Crippen molar-refractivity contribution in [3.05, 3.63) is 34.6 Å². The number of rotatable bonds is 5. The second-order valence-electron chi connectivity index (χ2n) is 7.65. The number of nitrogens with one attached hydrogen (secondary N) is 1. The summed E-state index contributed by atoms with van der Waals surface area (Å²) in [5.41, 5.74) is 1.32. The van der Waals surface area contributed by atoms with Gasteiger partial charge >= 0.3 is 18.1 Å². The van der Waals surface area contributed by atoms with Gasteiger partial charge in [0, 0.05) is 18.2 Å². The van der Waals surface area contributed by atoms with Crippen molar-refractivity contribution in [3.63, 3.8) is 0 Å². The Morgan fingerprint density at radius 1 is 1.15 bits per heavy atom. The molecule has 1 atom stereocenters. The summed E-state index contributed by atoms with van der Waals surface area (Å²) in [6.07, 6.45) is 0.996. The SMILES string of the molecule is C[C@H](NC(=O)c1ccc(-c2nn(C)c(=NC3CCCCC3)s2)cc1)C(=O)O.O=C(O)C(F)(F)F. The van der Waals surface area contributed by atoms with E-state index in [-0.39, 0.29) is 0 Å². The molecule has 0 spiro atoms. The van der Waals surface area contributed by atoms with Crippen molar-refractivity contribution >= 4 is 29.2 Å². The molecule has 1 fully saturated rings. The zero-order chi connectivity index (χ0) is 25.5. The second kappa shape index (κ2) is 11.8. The molecular formula is C21H25F3N4O5S. The van der Waals surface area contributed by atoms with E-state index in [0.29, 0.717) is 11.6 Å². The van der Waals surface area contributed by atoms with E-state index in [1.54, 1.807) is 23.5 Å². The number of aryl methyl sites for hydroxylation is 1. The summed E-state index contributed by atoms with van der Waals surface area (Å²) in [5.74, 6) is -4.23. The number of carbonyl (C=O) groups is 3. The average molecular weight is 503 g/mol. The lowest BCUT2D eigenvalue weighted by molar-refractivity contribution is -0.192. The van der Waals surface area contributed by atoms with Gasteiger partial charge in [0.2, 0.25) is 4.80 Å². The minimum Gasteiger partial charge on any atom is -0.480 e. The maximum atomic E-state index is 12.1. The van der Waals surface area contributed by atoms with Crippen molar-refractivity contribution in [1.29, 1.82) is 0 Å². The summed E-state index contributed by atoms with van der Waals surface area (Å²) in [6.45, 7) is 1.43. The van der Waals surface area contributed by atoms with E-state index in [9.17, 15) is 22.8 Å². The Hall–Kier alpha value is -3.22. The molecule has 0 aliphatic heterocycles. The fraction of sp³-hybridized carbons (Fsp3) is 0.476. The third-order valence-electron chi connectivity index (χ3n) is 4.93. The van der Waals surface area contributed by atoms with Crippen LogP contribution in [0.1, 0.15) is 49.4 Å². The van der Waals surface area contributed by atoms with Crippen molar-refractivity contribution in [3.8, 4) is 10.6 Å². The predicted molar refractivity (Wildman–Crippen MR) is 117 cm³/mol. The van der Waals surface area contributed by atoms with Crippen molar-refractivity contribution in [2.45, 2.75) is 57.3 Å². The highest BCUT2D eigenvalue weighted by Crippen LogP contribution is 2.22. The molecule has 1 aromatic carbocycles. The van der Waals surface area contributed by atoms with Gasteiger partial charge in [-0.2, -0.15) is 18.3 Å². The van der Waals surface area contributed by atoms with Gasteiger partial charge < -0.3 is 15.5 Å². The van der Waals surface area contributed by atoms with Gasteiger partial charge in [-0.25, -0.2) is 9.48 Å². The van der Waals surface area contributed by atoms with Gasteiger partial charge in [0.1, 0.15) is 11.0 Å². The van der Waals surface area contributed by atoms with Crippen molar-refractivity contribution < 1.29 is 37.8 Å². The minimum absolute atomic E-state index is 0.389. The number of carboxylic acid groups (broad SMARTS) is 2. The molecular weight excluding hydrogens is 477 g/mol. The lowest BCUT2D eigenvalue weighted by Gasteiger charge is -2.16. The van der Waals surface area contributed by atoms with Crippen LogP contribution >= 0.6 is 11.3 Å². The van der Waals surface area contributed by atoms with Crippen molar-refractivity contribution in [2.75, 3.05) is 0 Å². The Balaban J connectivity index is 0.000000509. The largest absolute Gasteiger partial charge is 0.490 e. The molecule has 186 valence electrons. The Labute approximate surface area is 197 Å².